The van der Waals surface area contributed by atoms with Gasteiger partial charge in [0.2, 0.25) is 5.91 Å². The van der Waals surface area contributed by atoms with Gasteiger partial charge < -0.3 is 19.7 Å². The molecule has 3 aromatic rings. The highest BCUT2D eigenvalue weighted by molar-refractivity contribution is 5.85. The fourth-order valence-corrected chi connectivity index (χ4v) is 5.18. The third-order valence-electron chi connectivity index (χ3n) is 7.07. The summed E-state index contributed by atoms with van der Waals surface area (Å²) in [7, 11) is 0. The lowest BCUT2D eigenvalue weighted by atomic mass is 9.86. The molecule has 5 rings (SSSR count). The SMILES string of the molecule is CC(=O)N1CCc2cc(-c3cnc4[nH]cc(C(C)C)c4c3)cc([C@@H]3COCCN3C(=O)O)c2C1. The first-order valence-electron chi connectivity index (χ1n) is 11.8. The molecule has 34 heavy (non-hydrogen) atoms. The number of nitrogens with zero attached hydrogens (tertiary/aromatic N) is 3. The summed E-state index contributed by atoms with van der Waals surface area (Å²) in [5, 5.41) is 11.0. The number of amides is 2. The molecule has 1 aromatic carbocycles. The van der Waals surface area contributed by atoms with E-state index >= 15 is 0 Å². The van der Waals surface area contributed by atoms with E-state index in [0.29, 0.717) is 38.8 Å². The van der Waals surface area contributed by atoms with E-state index in [0.717, 1.165) is 45.3 Å². The van der Waals surface area contributed by atoms with Gasteiger partial charge in [0, 0.05) is 49.9 Å². The van der Waals surface area contributed by atoms with E-state index in [4.69, 9.17) is 4.74 Å². The van der Waals surface area contributed by atoms with Crippen LogP contribution in [0.2, 0.25) is 0 Å². The van der Waals surface area contributed by atoms with Gasteiger partial charge in [-0.05, 0) is 52.3 Å². The highest BCUT2D eigenvalue weighted by Crippen LogP contribution is 2.37. The number of hydrogen-bond acceptors (Lipinski definition) is 4. The van der Waals surface area contributed by atoms with Gasteiger partial charge in [-0.15, -0.1) is 0 Å². The molecule has 0 spiro atoms. The van der Waals surface area contributed by atoms with Crippen LogP contribution in [-0.2, 0) is 22.5 Å². The lowest BCUT2D eigenvalue weighted by molar-refractivity contribution is -0.129. The van der Waals surface area contributed by atoms with Gasteiger partial charge in [0.1, 0.15) is 5.65 Å². The van der Waals surface area contributed by atoms with Gasteiger partial charge in [-0.2, -0.15) is 0 Å². The van der Waals surface area contributed by atoms with Crippen LogP contribution in [0.15, 0.2) is 30.6 Å². The van der Waals surface area contributed by atoms with E-state index in [9.17, 15) is 14.7 Å². The van der Waals surface area contributed by atoms with Crippen molar-refractivity contribution in [1.29, 1.82) is 0 Å². The number of carbonyl (C=O) groups is 2. The van der Waals surface area contributed by atoms with Crippen molar-refractivity contribution >= 4 is 23.0 Å². The van der Waals surface area contributed by atoms with E-state index in [1.807, 2.05) is 17.3 Å². The summed E-state index contributed by atoms with van der Waals surface area (Å²) in [6.07, 6.45) is 3.66. The number of aromatic amines is 1. The molecule has 2 N–H and O–H groups in total. The summed E-state index contributed by atoms with van der Waals surface area (Å²) >= 11 is 0. The molecule has 0 aliphatic carbocycles. The summed E-state index contributed by atoms with van der Waals surface area (Å²) in [6, 6.07) is 6.00. The van der Waals surface area contributed by atoms with Crippen molar-refractivity contribution in [2.75, 3.05) is 26.3 Å². The van der Waals surface area contributed by atoms with Crippen molar-refractivity contribution in [2.45, 2.75) is 45.7 Å². The molecule has 1 fully saturated rings. The summed E-state index contributed by atoms with van der Waals surface area (Å²) in [6.45, 7) is 8.05. The second kappa shape index (κ2) is 8.76. The van der Waals surface area contributed by atoms with Gasteiger partial charge in [0.15, 0.2) is 0 Å². The van der Waals surface area contributed by atoms with Gasteiger partial charge in [-0.25, -0.2) is 9.78 Å². The third kappa shape index (κ3) is 3.92. The molecule has 0 unspecified atom stereocenters. The number of carboxylic acid groups (broad SMARTS) is 1. The number of aromatic nitrogens is 2. The molecule has 2 aliphatic rings. The summed E-state index contributed by atoms with van der Waals surface area (Å²) in [4.78, 5) is 35.4. The monoisotopic (exact) mass is 462 g/mol. The number of carbonyl (C=O) groups excluding carboxylic acids is 1. The molecule has 2 aromatic heterocycles. The average molecular weight is 463 g/mol. The molecule has 1 saturated heterocycles. The second-order valence-corrected chi connectivity index (χ2v) is 9.48. The normalized spacial score (nSPS) is 18.4. The molecule has 178 valence electrons. The summed E-state index contributed by atoms with van der Waals surface area (Å²) < 4.78 is 5.72. The van der Waals surface area contributed by atoms with Crippen LogP contribution in [0.25, 0.3) is 22.2 Å². The fourth-order valence-electron chi connectivity index (χ4n) is 5.18. The molecule has 4 heterocycles. The van der Waals surface area contributed by atoms with Crippen LogP contribution >= 0.6 is 0 Å². The molecule has 0 saturated carbocycles. The smallest absolute Gasteiger partial charge is 0.407 e. The molecule has 0 radical (unpaired) electrons. The first kappa shape index (κ1) is 22.4. The predicted octanol–water partition coefficient (Wildman–Crippen LogP) is 4.31. The standard InChI is InChI=1S/C26H30N4O4/c1-15(2)22-12-28-25-21(22)10-19(11-27-25)18-8-17-4-5-29(16(3)31)13-23(17)20(9-18)24-14-34-7-6-30(24)26(32)33/h8-12,15,24H,4-7,13-14H2,1-3H3,(H,27,28)(H,32,33)/t24-/m0/s1. The van der Waals surface area contributed by atoms with E-state index < -0.39 is 12.1 Å². The van der Waals surface area contributed by atoms with Crippen LogP contribution in [0.5, 0.6) is 0 Å². The van der Waals surface area contributed by atoms with Crippen molar-refractivity contribution in [3.63, 3.8) is 0 Å². The zero-order valence-corrected chi connectivity index (χ0v) is 19.8. The van der Waals surface area contributed by atoms with Crippen molar-refractivity contribution < 1.29 is 19.4 Å². The number of nitrogens with one attached hydrogen (secondary N) is 1. The Hall–Kier alpha value is -3.39. The maximum atomic E-state index is 12.1. The van der Waals surface area contributed by atoms with E-state index in [2.05, 4.69) is 42.0 Å². The number of fused-ring (bicyclic) bond motifs is 2. The van der Waals surface area contributed by atoms with Crippen LogP contribution in [0.1, 0.15) is 55.0 Å². The van der Waals surface area contributed by atoms with E-state index in [1.54, 1.807) is 6.92 Å². The van der Waals surface area contributed by atoms with Gasteiger partial charge >= 0.3 is 6.09 Å². The highest BCUT2D eigenvalue weighted by atomic mass is 16.5. The molecular weight excluding hydrogens is 432 g/mol. The zero-order valence-electron chi connectivity index (χ0n) is 19.8. The molecule has 8 nitrogen and oxygen atoms in total. The van der Waals surface area contributed by atoms with Crippen LogP contribution < -0.4 is 0 Å². The first-order chi connectivity index (χ1) is 16.3. The third-order valence-corrected chi connectivity index (χ3v) is 7.07. The number of H-pyrrole nitrogens is 1. The number of pyridine rings is 1. The Kier molecular flexibility index (Phi) is 5.77. The lowest BCUT2D eigenvalue weighted by Crippen LogP contribution is -2.44. The first-order valence-corrected chi connectivity index (χ1v) is 11.8. The van der Waals surface area contributed by atoms with Gasteiger partial charge in [-0.1, -0.05) is 19.9 Å². The van der Waals surface area contributed by atoms with Crippen LogP contribution in [0, 0.1) is 0 Å². The van der Waals surface area contributed by atoms with Crippen molar-refractivity contribution in [3.05, 3.63) is 52.8 Å². The van der Waals surface area contributed by atoms with Crippen LogP contribution in [-0.4, -0.2) is 63.2 Å². The average Bonchev–Trinajstić information content (AvgIpc) is 3.26. The Labute approximate surface area is 198 Å². The summed E-state index contributed by atoms with van der Waals surface area (Å²) in [5.74, 6) is 0.393. The van der Waals surface area contributed by atoms with E-state index in [1.165, 1.54) is 10.5 Å². The lowest BCUT2D eigenvalue weighted by Gasteiger charge is -2.37. The van der Waals surface area contributed by atoms with Crippen molar-refractivity contribution in [3.8, 4) is 11.1 Å². The Balaban J connectivity index is 1.66. The second-order valence-electron chi connectivity index (χ2n) is 9.48. The molecule has 8 heteroatoms. The maximum Gasteiger partial charge on any atom is 0.407 e. The molecule has 2 amide bonds. The Bertz CT molecular complexity index is 1270. The Morgan fingerprint density at radius 3 is 2.76 bits per heavy atom. The Morgan fingerprint density at radius 1 is 1.21 bits per heavy atom. The fraction of sp³-hybridized carbons (Fsp3) is 0.423. The largest absolute Gasteiger partial charge is 0.465 e. The number of hydrogen-bond donors (Lipinski definition) is 2. The quantitative estimate of drug-likeness (QED) is 0.604. The minimum atomic E-state index is -0.955. The Morgan fingerprint density at radius 2 is 2.03 bits per heavy atom. The summed E-state index contributed by atoms with van der Waals surface area (Å²) in [5.41, 5.74) is 7.18. The van der Waals surface area contributed by atoms with Crippen molar-refractivity contribution in [2.24, 2.45) is 0 Å². The minimum absolute atomic E-state index is 0.0268. The topological polar surface area (TPSA) is 98.8 Å². The number of ether oxygens (including phenoxy) is 1. The van der Waals surface area contributed by atoms with Gasteiger partial charge in [0.05, 0.1) is 19.3 Å². The van der Waals surface area contributed by atoms with Gasteiger partial charge in [-0.3, -0.25) is 9.69 Å². The predicted molar refractivity (Wildman–Crippen MR) is 129 cm³/mol. The molecule has 0 bridgehead atoms. The molecule has 2 aliphatic heterocycles. The number of benzene rings is 1. The van der Waals surface area contributed by atoms with E-state index in [-0.39, 0.29) is 5.91 Å². The van der Waals surface area contributed by atoms with Crippen LogP contribution in [0.4, 0.5) is 4.79 Å². The van der Waals surface area contributed by atoms with Crippen molar-refractivity contribution in [1.82, 2.24) is 19.8 Å². The highest BCUT2D eigenvalue weighted by Gasteiger charge is 2.33. The minimum Gasteiger partial charge on any atom is -0.465 e. The number of rotatable bonds is 3. The van der Waals surface area contributed by atoms with Crippen LogP contribution in [0.3, 0.4) is 0 Å². The molecular formula is C26H30N4O4. The van der Waals surface area contributed by atoms with Gasteiger partial charge in [0.25, 0.3) is 0 Å². The molecule has 1 atom stereocenters. The maximum absolute atomic E-state index is 12.1. The zero-order chi connectivity index (χ0) is 24.0. The number of morpholine rings is 1.